The SMILES string of the molecule is CCOc1ccc(N)cc1C(C)=O. The van der Waals surface area contributed by atoms with Crippen LogP contribution in [0.4, 0.5) is 5.69 Å². The molecule has 3 heteroatoms. The zero-order chi connectivity index (χ0) is 9.84. The lowest BCUT2D eigenvalue weighted by atomic mass is 10.1. The largest absolute Gasteiger partial charge is 0.493 e. The summed E-state index contributed by atoms with van der Waals surface area (Å²) in [6, 6.07) is 5.07. The van der Waals surface area contributed by atoms with Crippen LogP contribution in [0.15, 0.2) is 18.2 Å². The zero-order valence-electron chi connectivity index (χ0n) is 7.83. The molecule has 0 unspecified atom stereocenters. The fraction of sp³-hybridized carbons (Fsp3) is 0.300. The number of benzene rings is 1. The van der Waals surface area contributed by atoms with Crippen molar-refractivity contribution in [3.8, 4) is 5.75 Å². The first-order chi connectivity index (χ1) is 6.15. The fourth-order valence-electron chi connectivity index (χ4n) is 1.10. The maximum absolute atomic E-state index is 11.2. The molecule has 0 heterocycles. The van der Waals surface area contributed by atoms with E-state index >= 15 is 0 Å². The van der Waals surface area contributed by atoms with Crippen LogP contribution >= 0.6 is 0 Å². The minimum absolute atomic E-state index is 0.0317. The minimum Gasteiger partial charge on any atom is -0.493 e. The highest BCUT2D eigenvalue weighted by molar-refractivity contribution is 5.97. The summed E-state index contributed by atoms with van der Waals surface area (Å²) >= 11 is 0. The summed E-state index contributed by atoms with van der Waals surface area (Å²) in [5, 5.41) is 0. The number of rotatable bonds is 3. The molecule has 1 aromatic carbocycles. The molecular formula is C10H13NO2. The Bertz CT molecular complexity index is 321. The Kier molecular flexibility index (Phi) is 2.90. The smallest absolute Gasteiger partial charge is 0.163 e. The fourth-order valence-corrected chi connectivity index (χ4v) is 1.10. The van der Waals surface area contributed by atoms with E-state index in [-0.39, 0.29) is 5.78 Å². The summed E-state index contributed by atoms with van der Waals surface area (Å²) in [4.78, 5) is 11.2. The molecule has 2 N–H and O–H groups in total. The first-order valence-electron chi connectivity index (χ1n) is 4.18. The number of ketones is 1. The third-order valence-electron chi connectivity index (χ3n) is 1.68. The van der Waals surface area contributed by atoms with Gasteiger partial charge in [0, 0.05) is 5.69 Å². The van der Waals surface area contributed by atoms with Gasteiger partial charge in [-0.1, -0.05) is 0 Å². The number of hydrogen-bond donors (Lipinski definition) is 1. The standard InChI is InChI=1S/C10H13NO2/c1-3-13-10-5-4-8(11)6-9(10)7(2)12/h4-6H,3,11H2,1-2H3. The van der Waals surface area contributed by atoms with Crippen molar-refractivity contribution in [1.29, 1.82) is 0 Å². The van der Waals surface area contributed by atoms with Crippen LogP contribution in [0.1, 0.15) is 24.2 Å². The van der Waals surface area contributed by atoms with Crippen molar-refractivity contribution in [2.75, 3.05) is 12.3 Å². The summed E-state index contributed by atoms with van der Waals surface area (Å²) in [5.74, 6) is 0.569. The number of nitrogens with two attached hydrogens (primary N) is 1. The highest BCUT2D eigenvalue weighted by Crippen LogP contribution is 2.21. The molecule has 3 nitrogen and oxygen atoms in total. The molecule has 1 rings (SSSR count). The van der Waals surface area contributed by atoms with Crippen LogP contribution in [-0.2, 0) is 0 Å². The monoisotopic (exact) mass is 179 g/mol. The van der Waals surface area contributed by atoms with Crippen LogP contribution in [0.3, 0.4) is 0 Å². The lowest BCUT2D eigenvalue weighted by Gasteiger charge is -2.07. The molecule has 0 aliphatic carbocycles. The molecule has 0 radical (unpaired) electrons. The van der Waals surface area contributed by atoms with Crippen molar-refractivity contribution in [2.24, 2.45) is 0 Å². The summed E-state index contributed by atoms with van der Waals surface area (Å²) in [6.07, 6.45) is 0. The summed E-state index contributed by atoms with van der Waals surface area (Å²) in [7, 11) is 0. The van der Waals surface area contributed by atoms with Crippen molar-refractivity contribution in [2.45, 2.75) is 13.8 Å². The number of anilines is 1. The van der Waals surface area contributed by atoms with Crippen LogP contribution in [0.2, 0.25) is 0 Å². The Labute approximate surface area is 77.5 Å². The van der Waals surface area contributed by atoms with Gasteiger partial charge in [-0.15, -0.1) is 0 Å². The highest BCUT2D eigenvalue weighted by atomic mass is 16.5. The van der Waals surface area contributed by atoms with E-state index in [2.05, 4.69) is 0 Å². The number of hydrogen-bond acceptors (Lipinski definition) is 3. The third kappa shape index (κ3) is 2.21. The molecular weight excluding hydrogens is 166 g/mol. The molecule has 70 valence electrons. The number of Topliss-reactive ketones (excluding diaryl/α,β-unsaturated/α-hetero) is 1. The molecule has 0 aliphatic rings. The van der Waals surface area contributed by atoms with Gasteiger partial charge in [0.05, 0.1) is 12.2 Å². The molecule has 0 aliphatic heterocycles. The lowest BCUT2D eigenvalue weighted by Crippen LogP contribution is -2.01. The first-order valence-corrected chi connectivity index (χ1v) is 4.18. The van der Waals surface area contributed by atoms with E-state index in [1.165, 1.54) is 6.92 Å². The second-order valence-corrected chi connectivity index (χ2v) is 2.74. The van der Waals surface area contributed by atoms with Crippen molar-refractivity contribution in [3.05, 3.63) is 23.8 Å². The number of carbonyl (C=O) groups excluding carboxylic acids is 1. The predicted molar refractivity (Wildman–Crippen MR) is 52.0 cm³/mol. The second-order valence-electron chi connectivity index (χ2n) is 2.74. The van der Waals surface area contributed by atoms with Gasteiger partial charge < -0.3 is 10.5 Å². The van der Waals surface area contributed by atoms with Crippen molar-refractivity contribution in [3.63, 3.8) is 0 Å². The van der Waals surface area contributed by atoms with E-state index in [0.717, 1.165) is 0 Å². The minimum atomic E-state index is -0.0317. The maximum atomic E-state index is 11.2. The molecule has 0 spiro atoms. The molecule has 1 aromatic rings. The molecule has 0 aromatic heterocycles. The van der Waals surface area contributed by atoms with E-state index in [1.807, 2.05) is 6.92 Å². The van der Waals surface area contributed by atoms with Gasteiger partial charge in [-0.2, -0.15) is 0 Å². The Morgan fingerprint density at radius 1 is 1.54 bits per heavy atom. The van der Waals surface area contributed by atoms with Crippen molar-refractivity contribution >= 4 is 11.5 Å². The second kappa shape index (κ2) is 3.94. The summed E-state index contributed by atoms with van der Waals surface area (Å²) in [5.41, 5.74) is 6.67. The average Bonchev–Trinajstić information content (AvgIpc) is 2.08. The van der Waals surface area contributed by atoms with Gasteiger partial charge in [0.2, 0.25) is 0 Å². The number of nitrogen functional groups attached to an aromatic ring is 1. The molecule has 0 saturated heterocycles. The predicted octanol–water partition coefficient (Wildman–Crippen LogP) is 1.87. The molecule has 0 amide bonds. The Morgan fingerprint density at radius 2 is 2.23 bits per heavy atom. The van der Waals surface area contributed by atoms with Crippen LogP contribution in [0, 0.1) is 0 Å². The average molecular weight is 179 g/mol. The van der Waals surface area contributed by atoms with Gasteiger partial charge >= 0.3 is 0 Å². The normalized spacial score (nSPS) is 9.69. The Hall–Kier alpha value is -1.51. The maximum Gasteiger partial charge on any atom is 0.163 e. The van der Waals surface area contributed by atoms with Crippen LogP contribution in [-0.4, -0.2) is 12.4 Å². The Morgan fingerprint density at radius 3 is 2.77 bits per heavy atom. The van der Waals surface area contributed by atoms with E-state index < -0.39 is 0 Å². The topological polar surface area (TPSA) is 52.3 Å². The molecule has 13 heavy (non-hydrogen) atoms. The molecule has 0 fully saturated rings. The summed E-state index contributed by atoms with van der Waals surface area (Å²) < 4.78 is 5.28. The van der Waals surface area contributed by atoms with Gasteiger partial charge in [0.25, 0.3) is 0 Å². The van der Waals surface area contributed by atoms with Crippen LogP contribution in [0.5, 0.6) is 5.75 Å². The van der Waals surface area contributed by atoms with Gasteiger partial charge in [-0.25, -0.2) is 0 Å². The number of ether oxygens (including phenoxy) is 1. The Balaban J connectivity index is 3.10. The van der Waals surface area contributed by atoms with Crippen LogP contribution in [0.25, 0.3) is 0 Å². The van der Waals surface area contributed by atoms with Gasteiger partial charge in [0.1, 0.15) is 5.75 Å². The third-order valence-corrected chi connectivity index (χ3v) is 1.68. The lowest BCUT2D eigenvalue weighted by molar-refractivity contribution is 0.101. The van der Waals surface area contributed by atoms with Crippen molar-refractivity contribution < 1.29 is 9.53 Å². The van der Waals surface area contributed by atoms with Crippen molar-refractivity contribution in [1.82, 2.24) is 0 Å². The van der Waals surface area contributed by atoms with Crippen LogP contribution < -0.4 is 10.5 Å². The number of carbonyl (C=O) groups is 1. The molecule has 0 bridgehead atoms. The molecule has 0 saturated carbocycles. The van der Waals surface area contributed by atoms with E-state index in [1.54, 1.807) is 18.2 Å². The summed E-state index contributed by atoms with van der Waals surface area (Å²) in [6.45, 7) is 3.92. The van der Waals surface area contributed by atoms with Gasteiger partial charge in [0.15, 0.2) is 5.78 Å². The first kappa shape index (κ1) is 9.58. The van der Waals surface area contributed by atoms with E-state index in [4.69, 9.17) is 10.5 Å². The molecule has 0 atom stereocenters. The van der Waals surface area contributed by atoms with Gasteiger partial charge in [-0.05, 0) is 32.0 Å². The van der Waals surface area contributed by atoms with E-state index in [9.17, 15) is 4.79 Å². The van der Waals surface area contributed by atoms with Gasteiger partial charge in [-0.3, -0.25) is 4.79 Å². The quantitative estimate of drug-likeness (QED) is 0.569. The van der Waals surface area contributed by atoms with E-state index in [0.29, 0.717) is 23.6 Å². The zero-order valence-corrected chi connectivity index (χ0v) is 7.83. The highest BCUT2D eigenvalue weighted by Gasteiger charge is 2.07.